The Balaban J connectivity index is 2.69. The molecule has 0 aliphatic rings. The Morgan fingerprint density at radius 1 is 1.56 bits per heavy atom. The number of hydrogen-bond acceptors (Lipinski definition) is 2. The first-order valence-corrected chi connectivity index (χ1v) is 6.33. The molecule has 0 spiro atoms. The van der Waals surface area contributed by atoms with E-state index < -0.39 is 0 Å². The van der Waals surface area contributed by atoms with Gasteiger partial charge in [-0.25, -0.2) is 0 Å². The Bertz CT molecular complexity index is 381. The van der Waals surface area contributed by atoms with E-state index in [2.05, 4.69) is 21.2 Å². The maximum absolute atomic E-state index is 11.8. The highest BCUT2D eigenvalue weighted by atomic mass is 79.9. The minimum atomic E-state index is 0.0183. The first kappa shape index (κ1) is 13.7. The van der Waals surface area contributed by atoms with Crippen LogP contribution in [-0.4, -0.2) is 19.4 Å². The van der Waals surface area contributed by atoms with Crippen molar-refractivity contribution in [2.24, 2.45) is 5.92 Å². The summed E-state index contributed by atoms with van der Waals surface area (Å²) in [7, 11) is 1.84. The molecule has 0 fully saturated rings. The van der Waals surface area contributed by atoms with Gasteiger partial charge in [-0.15, -0.1) is 0 Å². The zero-order valence-corrected chi connectivity index (χ0v) is 11.7. The average molecular weight is 305 g/mol. The summed E-state index contributed by atoms with van der Waals surface area (Å²) in [6.07, 6.45) is 0.398. The highest BCUT2D eigenvalue weighted by Crippen LogP contribution is 2.22. The van der Waals surface area contributed by atoms with E-state index in [1.54, 1.807) is 0 Å². The molecular weight excluding hydrogens is 289 g/mol. The van der Waals surface area contributed by atoms with Crippen LogP contribution in [0.4, 0.5) is 0 Å². The van der Waals surface area contributed by atoms with Gasteiger partial charge in [0.15, 0.2) is 0 Å². The molecule has 88 valence electrons. The van der Waals surface area contributed by atoms with E-state index in [1.165, 1.54) is 0 Å². The molecule has 1 N–H and O–H groups in total. The average Bonchev–Trinajstić information content (AvgIpc) is 2.22. The van der Waals surface area contributed by atoms with Gasteiger partial charge in [-0.3, -0.25) is 4.79 Å². The fourth-order valence-electron chi connectivity index (χ4n) is 1.45. The summed E-state index contributed by atoms with van der Waals surface area (Å²) >= 11 is 9.39. The van der Waals surface area contributed by atoms with Crippen molar-refractivity contribution in [3.63, 3.8) is 0 Å². The van der Waals surface area contributed by atoms with Gasteiger partial charge in [0.1, 0.15) is 5.78 Å². The van der Waals surface area contributed by atoms with E-state index in [9.17, 15) is 4.79 Å². The number of carbonyl (C=O) groups is 1. The predicted molar refractivity (Wildman–Crippen MR) is 71.0 cm³/mol. The zero-order chi connectivity index (χ0) is 12.1. The van der Waals surface area contributed by atoms with Gasteiger partial charge in [0.25, 0.3) is 0 Å². The molecule has 0 aromatic heterocycles. The Morgan fingerprint density at radius 2 is 2.25 bits per heavy atom. The van der Waals surface area contributed by atoms with Crippen LogP contribution < -0.4 is 5.32 Å². The van der Waals surface area contributed by atoms with Gasteiger partial charge in [-0.1, -0.05) is 40.5 Å². The maximum Gasteiger partial charge on any atom is 0.141 e. The summed E-state index contributed by atoms with van der Waals surface area (Å²) in [6, 6.07) is 5.60. The highest BCUT2D eigenvalue weighted by molar-refractivity contribution is 9.10. The van der Waals surface area contributed by atoms with Gasteiger partial charge in [0.05, 0.1) is 0 Å². The fraction of sp³-hybridized carbons (Fsp3) is 0.417. The second-order valence-electron chi connectivity index (χ2n) is 3.84. The SMILES string of the molecule is CNCC(C)C(=O)Cc1ccc(Br)cc1Cl. The van der Waals surface area contributed by atoms with Crippen LogP contribution in [-0.2, 0) is 11.2 Å². The molecule has 0 aliphatic carbocycles. The Kier molecular flexibility index (Phi) is 5.46. The summed E-state index contributed by atoms with van der Waals surface area (Å²) in [5.74, 6) is 0.225. The Morgan fingerprint density at radius 3 is 2.81 bits per heavy atom. The van der Waals surface area contributed by atoms with Crippen molar-refractivity contribution < 1.29 is 4.79 Å². The lowest BCUT2D eigenvalue weighted by Crippen LogP contribution is -2.24. The quantitative estimate of drug-likeness (QED) is 0.906. The van der Waals surface area contributed by atoms with E-state index in [0.717, 1.165) is 10.0 Å². The molecular formula is C12H15BrClNO. The van der Waals surface area contributed by atoms with Gasteiger partial charge >= 0.3 is 0 Å². The van der Waals surface area contributed by atoms with E-state index >= 15 is 0 Å². The van der Waals surface area contributed by atoms with Crippen LogP contribution in [0.5, 0.6) is 0 Å². The van der Waals surface area contributed by atoms with Crippen LogP contribution in [0.3, 0.4) is 0 Å². The molecule has 1 atom stereocenters. The molecule has 0 bridgehead atoms. The van der Waals surface area contributed by atoms with E-state index in [1.807, 2.05) is 32.2 Å². The number of rotatable bonds is 5. The molecule has 0 amide bonds. The number of nitrogens with one attached hydrogen (secondary N) is 1. The van der Waals surface area contributed by atoms with Gasteiger partial charge < -0.3 is 5.32 Å². The van der Waals surface area contributed by atoms with E-state index in [-0.39, 0.29) is 11.7 Å². The van der Waals surface area contributed by atoms with E-state index in [4.69, 9.17) is 11.6 Å². The molecule has 0 saturated heterocycles. The summed E-state index contributed by atoms with van der Waals surface area (Å²) in [5.41, 5.74) is 0.887. The Labute approximate surface area is 110 Å². The van der Waals surface area contributed by atoms with Gasteiger partial charge in [0.2, 0.25) is 0 Å². The molecule has 0 heterocycles. The third-order valence-corrected chi connectivity index (χ3v) is 3.28. The minimum Gasteiger partial charge on any atom is -0.319 e. The summed E-state index contributed by atoms with van der Waals surface area (Å²) < 4.78 is 0.928. The molecule has 1 unspecified atom stereocenters. The number of Topliss-reactive ketones (excluding diaryl/α,β-unsaturated/α-hetero) is 1. The second-order valence-corrected chi connectivity index (χ2v) is 5.16. The van der Waals surface area contributed by atoms with Crippen LogP contribution >= 0.6 is 27.5 Å². The number of carbonyl (C=O) groups excluding carboxylic acids is 1. The van der Waals surface area contributed by atoms with Crippen molar-refractivity contribution in [3.8, 4) is 0 Å². The first-order chi connectivity index (χ1) is 7.54. The summed E-state index contributed by atoms with van der Waals surface area (Å²) in [6.45, 7) is 2.62. The molecule has 0 saturated carbocycles. The van der Waals surface area contributed by atoms with Crippen LogP contribution in [0, 0.1) is 5.92 Å². The van der Waals surface area contributed by atoms with E-state index in [0.29, 0.717) is 18.0 Å². The normalized spacial score (nSPS) is 12.5. The van der Waals surface area contributed by atoms with Crippen molar-refractivity contribution in [2.45, 2.75) is 13.3 Å². The zero-order valence-electron chi connectivity index (χ0n) is 9.39. The van der Waals surface area contributed by atoms with Crippen molar-refractivity contribution in [1.82, 2.24) is 5.32 Å². The Hall–Kier alpha value is -0.380. The number of halogens is 2. The van der Waals surface area contributed by atoms with Crippen molar-refractivity contribution >= 4 is 33.3 Å². The summed E-state index contributed by atoms with van der Waals surface area (Å²) in [5, 5.41) is 3.63. The lowest BCUT2D eigenvalue weighted by Gasteiger charge is -2.10. The molecule has 2 nitrogen and oxygen atoms in total. The van der Waals surface area contributed by atoms with Crippen molar-refractivity contribution in [3.05, 3.63) is 33.3 Å². The lowest BCUT2D eigenvalue weighted by molar-refractivity contribution is -0.121. The van der Waals surface area contributed by atoms with Gasteiger partial charge in [-0.2, -0.15) is 0 Å². The van der Waals surface area contributed by atoms with Gasteiger partial charge in [0, 0.05) is 28.4 Å². The molecule has 1 rings (SSSR count). The fourth-order valence-corrected chi connectivity index (χ4v) is 2.19. The monoisotopic (exact) mass is 303 g/mol. The maximum atomic E-state index is 11.8. The number of hydrogen-bond donors (Lipinski definition) is 1. The molecule has 1 aromatic rings. The number of ketones is 1. The molecule has 0 radical (unpaired) electrons. The molecule has 16 heavy (non-hydrogen) atoms. The molecule has 0 aliphatic heterocycles. The van der Waals surface area contributed by atoms with Gasteiger partial charge in [-0.05, 0) is 24.7 Å². The predicted octanol–water partition coefficient (Wildman–Crippen LogP) is 3.07. The smallest absolute Gasteiger partial charge is 0.141 e. The largest absolute Gasteiger partial charge is 0.319 e. The third-order valence-electron chi connectivity index (χ3n) is 2.44. The van der Waals surface area contributed by atoms with Crippen molar-refractivity contribution in [1.29, 1.82) is 0 Å². The topological polar surface area (TPSA) is 29.1 Å². The molecule has 1 aromatic carbocycles. The first-order valence-electron chi connectivity index (χ1n) is 5.16. The number of benzene rings is 1. The second kappa shape index (κ2) is 6.38. The molecule has 4 heteroatoms. The standard InChI is InChI=1S/C12H15BrClNO/c1-8(7-15-2)12(16)5-9-3-4-10(13)6-11(9)14/h3-4,6,8,15H,5,7H2,1-2H3. The van der Waals surface area contributed by atoms with Crippen molar-refractivity contribution in [2.75, 3.05) is 13.6 Å². The minimum absolute atomic E-state index is 0.0183. The summed E-state index contributed by atoms with van der Waals surface area (Å²) in [4.78, 5) is 11.8. The highest BCUT2D eigenvalue weighted by Gasteiger charge is 2.14. The van der Waals surface area contributed by atoms with Crippen LogP contribution in [0.1, 0.15) is 12.5 Å². The van der Waals surface area contributed by atoms with Crippen LogP contribution in [0.15, 0.2) is 22.7 Å². The van der Waals surface area contributed by atoms with Crippen LogP contribution in [0.25, 0.3) is 0 Å². The third kappa shape index (κ3) is 3.89. The lowest BCUT2D eigenvalue weighted by atomic mass is 9.99. The van der Waals surface area contributed by atoms with Crippen LogP contribution in [0.2, 0.25) is 5.02 Å².